The molecule has 0 N–H and O–H groups in total. The van der Waals surface area contributed by atoms with Crippen molar-refractivity contribution in [3.63, 3.8) is 0 Å². The average Bonchev–Trinajstić information content (AvgIpc) is 3.09. The molecule has 0 aliphatic carbocycles. The van der Waals surface area contributed by atoms with Crippen LogP contribution in [-0.2, 0) is 38.0 Å². The number of azo groups is 1. The second-order valence-corrected chi connectivity index (χ2v) is 9.76. The number of ether oxygens (including phenoxy) is 11. The van der Waals surface area contributed by atoms with E-state index in [-0.39, 0.29) is 62.4 Å². The molecule has 2 aromatic rings. The average molecular weight is 663 g/mol. The summed E-state index contributed by atoms with van der Waals surface area (Å²) in [7, 11) is 0. The lowest BCUT2D eigenvalue weighted by Gasteiger charge is -2.15. The number of hydrogen-bond acceptors (Lipinski definition) is 15. The van der Waals surface area contributed by atoms with E-state index in [0.717, 1.165) is 0 Å². The lowest BCUT2D eigenvalue weighted by atomic mass is 10.1. The van der Waals surface area contributed by atoms with Gasteiger partial charge < -0.3 is 52.1 Å². The zero-order valence-electron chi connectivity index (χ0n) is 26.6. The number of esters is 1. The molecule has 0 unspecified atom stereocenters. The Balaban J connectivity index is 1.60. The zero-order valence-corrected chi connectivity index (χ0v) is 26.6. The summed E-state index contributed by atoms with van der Waals surface area (Å²) in [6.07, 6.45) is 0. The second-order valence-electron chi connectivity index (χ2n) is 9.76. The largest absolute Gasteiger partial charge is 0.487 e. The standard InChI is InChI=1S/C32H42N2O13/c1-2-43-32(36)31(35)25-22-29-30(47-20-16-42-12-8-38-7-11-41-15-19-46-29)23-26(25)34-33-24-3-4-27-28(21-24)45-18-14-40-10-6-37-5-9-39-13-17-44-27/h3-4,21-23H,2,5-20H2,1H3. The Labute approximate surface area is 273 Å². The molecule has 0 aromatic heterocycles. The van der Waals surface area contributed by atoms with E-state index in [4.69, 9.17) is 52.1 Å². The molecule has 15 heteroatoms. The van der Waals surface area contributed by atoms with Crippen LogP contribution >= 0.6 is 0 Å². The first-order valence-electron chi connectivity index (χ1n) is 15.6. The van der Waals surface area contributed by atoms with Crippen molar-refractivity contribution < 1.29 is 61.7 Å². The van der Waals surface area contributed by atoms with E-state index in [2.05, 4.69) is 10.2 Å². The third-order valence-electron chi connectivity index (χ3n) is 6.40. The summed E-state index contributed by atoms with van der Waals surface area (Å²) in [5.41, 5.74) is 0.384. The Morgan fingerprint density at radius 1 is 0.553 bits per heavy atom. The van der Waals surface area contributed by atoms with E-state index in [1.165, 1.54) is 12.1 Å². The molecular formula is C32H42N2O13. The van der Waals surface area contributed by atoms with Crippen molar-refractivity contribution in [1.82, 2.24) is 0 Å². The van der Waals surface area contributed by atoms with Crippen LogP contribution in [0.5, 0.6) is 23.0 Å². The van der Waals surface area contributed by atoms with Crippen molar-refractivity contribution in [2.75, 3.05) is 112 Å². The summed E-state index contributed by atoms with van der Waals surface area (Å²) in [4.78, 5) is 25.7. The maximum absolute atomic E-state index is 13.2. The molecule has 0 amide bonds. The zero-order chi connectivity index (χ0) is 32.9. The van der Waals surface area contributed by atoms with Crippen molar-refractivity contribution in [1.29, 1.82) is 0 Å². The molecule has 2 aromatic carbocycles. The number of ketones is 1. The van der Waals surface area contributed by atoms with Crippen LogP contribution in [0.4, 0.5) is 11.4 Å². The molecule has 2 heterocycles. The maximum atomic E-state index is 13.2. The molecule has 15 nitrogen and oxygen atoms in total. The first-order valence-corrected chi connectivity index (χ1v) is 15.6. The summed E-state index contributed by atoms with van der Waals surface area (Å²) >= 11 is 0. The highest BCUT2D eigenvalue weighted by atomic mass is 16.6. The van der Waals surface area contributed by atoms with Crippen LogP contribution in [0.1, 0.15) is 17.3 Å². The smallest absolute Gasteiger partial charge is 0.379 e. The number of hydrogen-bond donors (Lipinski definition) is 0. The highest BCUT2D eigenvalue weighted by molar-refractivity contribution is 6.41. The second kappa shape index (κ2) is 21.1. The third-order valence-corrected chi connectivity index (χ3v) is 6.40. The predicted octanol–water partition coefficient (Wildman–Crippen LogP) is 3.49. The highest BCUT2D eigenvalue weighted by Gasteiger charge is 2.25. The van der Waals surface area contributed by atoms with Crippen molar-refractivity contribution in [2.24, 2.45) is 10.2 Å². The molecule has 0 saturated heterocycles. The first-order chi connectivity index (χ1) is 23.2. The van der Waals surface area contributed by atoms with Crippen molar-refractivity contribution in [2.45, 2.75) is 6.92 Å². The predicted molar refractivity (Wildman–Crippen MR) is 165 cm³/mol. The summed E-state index contributed by atoms with van der Waals surface area (Å²) in [6, 6.07) is 7.90. The van der Waals surface area contributed by atoms with Gasteiger partial charge in [0.2, 0.25) is 0 Å². The molecule has 2 aliphatic heterocycles. The molecule has 4 rings (SSSR count). The minimum Gasteiger partial charge on any atom is -0.487 e. The van der Waals surface area contributed by atoms with Crippen LogP contribution in [0.15, 0.2) is 40.6 Å². The van der Waals surface area contributed by atoms with Crippen LogP contribution in [0.25, 0.3) is 0 Å². The first kappa shape index (κ1) is 36.0. The monoisotopic (exact) mass is 662 g/mol. The van der Waals surface area contributed by atoms with Crippen molar-refractivity contribution in [3.8, 4) is 23.0 Å². The van der Waals surface area contributed by atoms with E-state index < -0.39 is 11.8 Å². The number of fused-ring (bicyclic) bond motifs is 2. The van der Waals surface area contributed by atoms with E-state index in [1.807, 2.05) is 0 Å². The number of benzene rings is 2. The molecule has 47 heavy (non-hydrogen) atoms. The summed E-state index contributed by atoms with van der Waals surface area (Å²) in [5.74, 6) is -0.547. The topological polar surface area (TPSA) is 160 Å². The Morgan fingerprint density at radius 2 is 0.979 bits per heavy atom. The Bertz CT molecular complexity index is 1290. The molecule has 0 saturated carbocycles. The number of carbonyl (C=O) groups is 2. The lowest BCUT2D eigenvalue weighted by Crippen LogP contribution is -2.18. The van der Waals surface area contributed by atoms with Crippen LogP contribution in [-0.4, -0.2) is 124 Å². The van der Waals surface area contributed by atoms with Gasteiger partial charge in [-0.15, -0.1) is 5.11 Å². The molecule has 0 radical (unpaired) electrons. The van der Waals surface area contributed by atoms with Gasteiger partial charge in [-0.1, -0.05) is 0 Å². The molecular weight excluding hydrogens is 620 g/mol. The minimum atomic E-state index is -1.04. The van der Waals surface area contributed by atoms with Crippen LogP contribution < -0.4 is 18.9 Å². The fourth-order valence-corrected chi connectivity index (χ4v) is 4.17. The summed E-state index contributed by atoms with van der Waals surface area (Å²) < 4.78 is 61.7. The van der Waals surface area contributed by atoms with Gasteiger partial charge in [0, 0.05) is 12.1 Å². The summed E-state index contributed by atoms with van der Waals surface area (Å²) in [5, 5.41) is 8.68. The maximum Gasteiger partial charge on any atom is 0.379 e. The number of Topliss-reactive ketones (excluding diaryl/α,β-unsaturated/α-hetero) is 1. The minimum absolute atomic E-state index is 0.0230. The van der Waals surface area contributed by atoms with Gasteiger partial charge in [0.1, 0.15) is 32.1 Å². The van der Waals surface area contributed by atoms with Gasteiger partial charge in [-0.05, 0) is 25.1 Å². The molecule has 0 atom stereocenters. The van der Waals surface area contributed by atoms with Gasteiger partial charge in [-0.2, -0.15) is 5.11 Å². The van der Waals surface area contributed by atoms with Crippen LogP contribution in [0, 0.1) is 0 Å². The summed E-state index contributed by atoms with van der Waals surface area (Å²) in [6.45, 7) is 7.22. The van der Waals surface area contributed by atoms with Crippen LogP contribution in [0.3, 0.4) is 0 Å². The van der Waals surface area contributed by atoms with E-state index >= 15 is 0 Å². The Hall–Kier alpha value is -3.86. The molecule has 0 fully saturated rings. The van der Waals surface area contributed by atoms with Crippen molar-refractivity contribution in [3.05, 3.63) is 35.9 Å². The molecule has 258 valence electrons. The SMILES string of the molecule is CCOC(=O)C(=O)c1cc2c(cc1N=Nc1ccc3c(c1)OCCOCCOCCOCCO3)OCCOCCOCCOCCO2. The van der Waals surface area contributed by atoms with Gasteiger partial charge >= 0.3 is 5.97 Å². The molecule has 2 aliphatic rings. The fraction of sp³-hybridized carbons (Fsp3) is 0.562. The fourth-order valence-electron chi connectivity index (χ4n) is 4.17. The van der Waals surface area contributed by atoms with Crippen molar-refractivity contribution >= 4 is 23.1 Å². The van der Waals surface area contributed by atoms with E-state index in [9.17, 15) is 9.59 Å². The molecule has 0 spiro atoms. The van der Waals surface area contributed by atoms with Gasteiger partial charge in [0.25, 0.3) is 5.78 Å². The third kappa shape index (κ3) is 12.7. The number of rotatable bonds is 5. The van der Waals surface area contributed by atoms with Crippen LogP contribution in [0.2, 0.25) is 0 Å². The van der Waals surface area contributed by atoms with Gasteiger partial charge in [-0.25, -0.2) is 4.79 Å². The van der Waals surface area contributed by atoms with Gasteiger partial charge in [0.05, 0.1) is 97.1 Å². The van der Waals surface area contributed by atoms with E-state index in [0.29, 0.717) is 89.9 Å². The molecule has 0 bridgehead atoms. The number of carbonyl (C=O) groups excluding carboxylic acids is 2. The Morgan fingerprint density at radius 3 is 1.47 bits per heavy atom. The lowest BCUT2D eigenvalue weighted by molar-refractivity contribution is -0.137. The van der Waals surface area contributed by atoms with Gasteiger partial charge in [0.15, 0.2) is 23.0 Å². The van der Waals surface area contributed by atoms with E-state index in [1.54, 1.807) is 25.1 Å². The number of nitrogens with zero attached hydrogens (tertiary/aromatic N) is 2. The quantitative estimate of drug-likeness (QED) is 0.198. The van der Waals surface area contributed by atoms with Gasteiger partial charge in [-0.3, -0.25) is 4.79 Å². The normalized spacial score (nSPS) is 18.1. The highest BCUT2D eigenvalue weighted by Crippen LogP contribution is 2.38. The Kier molecular flexibility index (Phi) is 16.2.